The maximum Gasteiger partial charge on any atom is 0.119 e. The van der Waals surface area contributed by atoms with Crippen LogP contribution in [-0.2, 0) is 0 Å². The maximum absolute atomic E-state index is 5.25. The van der Waals surface area contributed by atoms with Gasteiger partial charge in [-0.3, -0.25) is 0 Å². The lowest BCUT2D eigenvalue weighted by Gasteiger charge is -2.35. The molecule has 0 bridgehead atoms. The molecule has 1 aliphatic heterocycles. The van der Waals surface area contributed by atoms with Gasteiger partial charge in [-0.2, -0.15) is 0 Å². The van der Waals surface area contributed by atoms with Gasteiger partial charge in [-0.15, -0.1) is 0 Å². The zero-order valence-corrected chi connectivity index (χ0v) is 12.6. The Kier molecular flexibility index (Phi) is 4.70. The van der Waals surface area contributed by atoms with E-state index in [1.807, 2.05) is 6.07 Å². The molecule has 0 radical (unpaired) electrons. The van der Waals surface area contributed by atoms with E-state index in [4.69, 9.17) is 4.74 Å². The highest BCUT2D eigenvalue weighted by atomic mass is 16.5. The summed E-state index contributed by atoms with van der Waals surface area (Å²) in [5.74, 6) is 0.928. The van der Waals surface area contributed by atoms with Crippen molar-refractivity contribution in [2.24, 2.45) is 0 Å². The number of methoxy groups -OCH3 is 1. The molecule has 1 fully saturated rings. The number of rotatable bonds is 4. The number of nitrogens with zero attached hydrogens (tertiary/aromatic N) is 1. The summed E-state index contributed by atoms with van der Waals surface area (Å²) in [6.45, 7) is 9.09. The Morgan fingerprint density at radius 1 is 1.26 bits per heavy atom. The first-order valence-corrected chi connectivity index (χ1v) is 7.25. The first-order chi connectivity index (χ1) is 9.10. The summed E-state index contributed by atoms with van der Waals surface area (Å²) >= 11 is 0. The molecule has 1 N–H and O–H groups in total. The third kappa shape index (κ3) is 3.63. The summed E-state index contributed by atoms with van der Waals surface area (Å²) in [6, 6.07) is 7.51. The van der Waals surface area contributed by atoms with Gasteiger partial charge >= 0.3 is 0 Å². The van der Waals surface area contributed by atoms with E-state index in [0.717, 1.165) is 5.75 Å². The van der Waals surface area contributed by atoms with Crippen molar-refractivity contribution >= 4 is 5.69 Å². The van der Waals surface area contributed by atoms with Crippen molar-refractivity contribution in [3.63, 3.8) is 0 Å². The van der Waals surface area contributed by atoms with E-state index in [1.165, 1.54) is 37.2 Å². The normalized spacial score (nSPS) is 17.7. The molecule has 0 amide bonds. The van der Waals surface area contributed by atoms with E-state index in [-0.39, 0.29) is 0 Å². The fourth-order valence-corrected chi connectivity index (χ4v) is 2.71. The standard InChI is InChI=1S/C16H26N2O/c1-12(2)18-9-7-14(8-10-18)17-16-6-5-15(19-4)11-13(16)3/h5-6,11-12,14,17H,7-10H2,1-4H3. The number of benzene rings is 1. The van der Waals surface area contributed by atoms with Crippen LogP contribution >= 0.6 is 0 Å². The van der Waals surface area contributed by atoms with Gasteiger partial charge in [0.15, 0.2) is 0 Å². The SMILES string of the molecule is COc1ccc(NC2CCN(C(C)C)CC2)c(C)c1. The summed E-state index contributed by atoms with van der Waals surface area (Å²) < 4.78 is 5.25. The van der Waals surface area contributed by atoms with Crippen molar-refractivity contribution in [2.75, 3.05) is 25.5 Å². The number of nitrogens with one attached hydrogen (secondary N) is 1. The summed E-state index contributed by atoms with van der Waals surface area (Å²) in [4.78, 5) is 2.55. The molecule has 1 aliphatic rings. The van der Waals surface area contributed by atoms with Crippen LogP contribution in [0, 0.1) is 6.92 Å². The number of piperidine rings is 1. The molecule has 106 valence electrons. The largest absolute Gasteiger partial charge is 0.497 e. The second-order valence-electron chi connectivity index (χ2n) is 5.73. The fourth-order valence-electron chi connectivity index (χ4n) is 2.71. The van der Waals surface area contributed by atoms with Gasteiger partial charge in [-0.1, -0.05) is 0 Å². The summed E-state index contributed by atoms with van der Waals surface area (Å²) in [5, 5.41) is 3.68. The smallest absolute Gasteiger partial charge is 0.119 e. The van der Waals surface area contributed by atoms with Gasteiger partial charge in [-0.25, -0.2) is 0 Å². The van der Waals surface area contributed by atoms with Gasteiger partial charge in [0.05, 0.1) is 7.11 Å². The van der Waals surface area contributed by atoms with E-state index in [9.17, 15) is 0 Å². The molecule has 1 saturated heterocycles. The molecule has 3 nitrogen and oxygen atoms in total. The third-order valence-corrected chi connectivity index (χ3v) is 4.05. The first-order valence-electron chi connectivity index (χ1n) is 7.25. The fraction of sp³-hybridized carbons (Fsp3) is 0.625. The summed E-state index contributed by atoms with van der Waals surface area (Å²) in [5.41, 5.74) is 2.49. The second kappa shape index (κ2) is 6.29. The lowest BCUT2D eigenvalue weighted by Crippen LogP contribution is -2.42. The summed E-state index contributed by atoms with van der Waals surface area (Å²) in [6.07, 6.45) is 2.45. The lowest BCUT2D eigenvalue weighted by molar-refractivity contribution is 0.177. The minimum Gasteiger partial charge on any atom is -0.497 e. The van der Waals surface area contributed by atoms with Crippen LogP contribution in [0.15, 0.2) is 18.2 Å². The predicted molar refractivity (Wildman–Crippen MR) is 81.1 cm³/mol. The van der Waals surface area contributed by atoms with E-state index in [0.29, 0.717) is 12.1 Å². The van der Waals surface area contributed by atoms with Crippen molar-refractivity contribution in [3.8, 4) is 5.75 Å². The molecule has 1 aromatic carbocycles. The highest BCUT2D eigenvalue weighted by molar-refractivity contribution is 5.54. The molecule has 2 rings (SSSR count). The molecule has 0 unspecified atom stereocenters. The number of hydrogen-bond donors (Lipinski definition) is 1. The van der Waals surface area contributed by atoms with E-state index in [1.54, 1.807) is 7.11 Å². The van der Waals surface area contributed by atoms with Gasteiger partial charge in [0.25, 0.3) is 0 Å². The minimum absolute atomic E-state index is 0.599. The Balaban J connectivity index is 1.92. The zero-order chi connectivity index (χ0) is 13.8. The van der Waals surface area contributed by atoms with Crippen LogP contribution in [0.5, 0.6) is 5.75 Å². The zero-order valence-electron chi connectivity index (χ0n) is 12.6. The van der Waals surface area contributed by atoms with E-state index >= 15 is 0 Å². The molecular formula is C16H26N2O. The number of aryl methyl sites for hydroxylation is 1. The molecule has 0 spiro atoms. The van der Waals surface area contributed by atoms with Crippen molar-refractivity contribution in [1.29, 1.82) is 0 Å². The van der Waals surface area contributed by atoms with E-state index < -0.39 is 0 Å². The minimum atomic E-state index is 0.599. The van der Waals surface area contributed by atoms with Crippen molar-refractivity contribution in [2.45, 2.75) is 45.7 Å². The van der Waals surface area contributed by atoms with Gasteiger partial charge < -0.3 is 15.0 Å². The van der Waals surface area contributed by atoms with Crippen LogP contribution in [0.3, 0.4) is 0 Å². The maximum atomic E-state index is 5.25. The Bertz CT molecular complexity index is 409. The average molecular weight is 262 g/mol. The number of anilines is 1. The van der Waals surface area contributed by atoms with Crippen LogP contribution in [0.1, 0.15) is 32.3 Å². The molecule has 0 atom stereocenters. The van der Waals surface area contributed by atoms with Crippen LogP contribution < -0.4 is 10.1 Å². The number of ether oxygens (including phenoxy) is 1. The van der Waals surface area contributed by atoms with Crippen LogP contribution in [0.4, 0.5) is 5.69 Å². The number of hydrogen-bond acceptors (Lipinski definition) is 3. The van der Waals surface area contributed by atoms with Crippen molar-refractivity contribution < 1.29 is 4.74 Å². The quantitative estimate of drug-likeness (QED) is 0.901. The molecule has 0 aliphatic carbocycles. The van der Waals surface area contributed by atoms with Crippen molar-refractivity contribution in [1.82, 2.24) is 4.90 Å². The predicted octanol–water partition coefficient (Wildman–Crippen LogP) is 3.29. The Hall–Kier alpha value is -1.22. The molecule has 1 heterocycles. The van der Waals surface area contributed by atoms with E-state index in [2.05, 4.69) is 43.1 Å². The lowest BCUT2D eigenvalue weighted by atomic mass is 10.0. The van der Waals surface area contributed by atoms with Gasteiger partial charge in [0.2, 0.25) is 0 Å². The molecule has 1 aromatic rings. The number of likely N-dealkylation sites (tertiary alicyclic amines) is 1. The Morgan fingerprint density at radius 3 is 2.47 bits per heavy atom. The van der Waals surface area contributed by atoms with Crippen LogP contribution in [-0.4, -0.2) is 37.2 Å². The topological polar surface area (TPSA) is 24.5 Å². The molecule has 0 saturated carbocycles. The van der Waals surface area contributed by atoms with Crippen molar-refractivity contribution in [3.05, 3.63) is 23.8 Å². The molecule has 3 heteroatoms. The molecule has 19 heavy (non-hydrogen) atoms. The third-order valence-electron chi connectivity index (χ3n) is 4.05. The van der Waals surface area contributed by atoms with Gasteiger partial charge in [-0.05, 0) is 57.4 Å². The highest BCUT2D eigenvalue weighted by Gasteiger charge is 2.20. The molecular weight excluding hydrogens is 236 g/mol. The Labute approximate surface area is 116 Å². The molecule has 0 aromatic heterocycles. The first kappa shape index (κ1) is 14.2. The van der Waals surface area contributed by atoms with Gasteiger partial charge in [0.1, 0.15) is 5.75 Å². The van der Waals surface area contributed by atoms with Gasteiger partial charge in [0, 0.05) is 30.9 Å². The second-order valence-corrected chi connectivity index (χ2v) is 5.73. The average Bonchev–Trinajstić information content (AvgIpc) is 2.41. The highest BCUT2D eigenvalue weighted by Crippen LogP contribution is 2.24. The Morgan fingerprint density at radius 2 is 1.95 bits per heavy atom. The summed E-state index contributed by atoms with van der Waals surface area (Å²) in [7, 11) is 1.71. The van der Waals surface area contributed by atoms with Crippen LogP contribution in [0.2, 0.25) is 0 Å². The monoisotopic (exact) mass is 262 g/mol. The van der Waals surface area contributed by atoms with Crippen LogP contribution in [0.25, 0.3) is 0 Å².